The first-order valence-corrected chi connectivity index (χ1v) is 4.85. The summed E-state index contributed by atoms with van der Waals surface area (Å²) >= 11 is 0. The molecule has 0 spiro atoms. The van der Waals surface area contributed by atoms with E-state index in [0.717, 1.165) is 32.7 Å². The molecule has 0 aliphatic heterocycles. The largest absolute Gasteiger partial charge is 0.378 e. The van der Waals surface area contributed by atoms with Crippen molar-refractivity contribution in [3.8, 4) is 0 Å². The van der Waals surface area contributed by atoms with Crippen molar-refractivity contribution in [1.82, 2.24) is 5.32 Å². The summed E-state index contributed by atoms with van der Waals surface area (Å²) in [6.45, 7) is 7.95. The maximum Gasteiger partial charge on any atom is 0.0647 e. The van der Waals surface area contributed by atoms with Crippen LogP contribution in [0.4, 0.5) is 0 Å². The van der Waals surface area contributed by atoms with Crippen molar-refractivity contribution >= 4 is 0 Å². The maximum atomic E-state index is 5.15. The molecule has 2 nitrogen and oxygen atoms in total. The maximum absolute atomic E-state index is 5.15. The summed E-state index contributed by atoms with van der Waals surface area (Å²) in [4.78, 5) is 0. The first-order valence-electron chi connectivity index (χ1n) is 4.85. The quantitative estimate of drug-likeness (QED) is 0.445. The molecule has 0 atom stereocenters. The van der Waals surface area contributed by atoms with Crippen LogP contribution >= 0.6 is 0 Å². The van der Waals surface area contributed by atoms with E-state index in [0.29, 0.717) is 0 Å². The normalized spacial score (nSPS) is 11.2. The summed E-state index contributed by atoms with van der Waals surface area (Å²) in [7, 11) is 0. The Hall–Kier alpha value is -0.340. The molecule has 0 rings (SSSR count). The summed E-state index contributed by atoms with van der Waals surface area (Å²) in [6, 6.07) is 0. The molecule has 0 bridgehead atoms. The van der Waals surface area contributed by atoms with Crippen molar-refractivity contribution in [2.45, 2.75) is 26.7 Å². The molecule has 0 unspecified atom stereocenters. The lowest BCUT2D eigenvalue weighted by Crippen LogP contribution is -2.15. The van der Waals surface area contributed by atoms with E-state index < -0.39 is 0 Å². The Balaban J connectivity index is 2.92. The van der Waals surface area contributed by atoms with Gasteiger partial charge in [0.15, 0.2) is 0 Å². The van der Waals surface area contributed by atoms with Gasteiger partial charge in [0.25, 0.3) is 0 Å². The molecule has 0 saturated heterocycles. The zero-order chi connectivity index (χ0) is 9.07. The van der Waals surface area contributed by atoms with Gasteiger partial charge in [0.1, 0.15) is 0 Å². The average Bonchev–Trinajstić information content (AvgIpc) is 2.10. The van der Waals surface area contributed by atoms with Crippen LogP contribution in [0.5, 0.6) is 0 Å². The Morgan fingerprint density at radius 2 is 2.00 bits per heavy atom. The number of hydrogen-bond donors (Lipinski definition) is 1. The fraction of sp³-hybridized carbons (Fsp3) is 0.800. The molecular formula is C10H21NO. The van der Waals surface area contributed by atoms with Crippen LogP contribution in [-0.2, 0) is 4.74 Å². The molecule has 0 aromatic rings. The van der Waals surface area contributed by atoms with Crippen LogP contribution in [0, 0.1) is 0 Å². The molecule has 0 aliphatic rings. The fourth-order valence-electron chi connectivity index (χ4n) is 0.859. The molecule has 2 heteroatoms. The summed E-state index contributed by atoms with van der Waals surface area (Å²) in [6.07, 6.45) is 6.56. The summed E-state index contributed by atoms with van der Waals surface area (Å²) in [5.74, 6) is 0. The van der Waals surface area contributed by atoms with Crippen LogP contribution in [0.3, 0.4) is 0 Å². The third-order valence-electron chi connectivity index (χ3n) is 1.50. The molecular weight excluding hydrogens is 150 g/mol. The second-order valence-electron chi connectivity index (χ2n) is 2.67. The minimum Gasteiger partial charge on any atom is -0.378 e. The molecule has 72 valence electrons. The van der Waals surface area contributed by atoms with Gasteiger partial charge in [0, 0.05) is 6.61 Å². The molecule has 12 heavy (non-hydrogen) atoms. The van der Waals surface area contributed by atoms with Gasteiger partial charge in [-0.3, -0.25) is 0 Å². The van der Waals surface area contributed by atoms with Gasteiger partial charge in [0.05, 0.1) is 6.61 Å². The third-order valence-corrected chi connectivity index (χ3v) is 1.50. The Bertz CT molecular complexity index is 102. The van der Waals surface area contributed by atoms with E-state index in [9.17, 15) is 0 Å². The van der Waals surface area contributed by atoms with E-state index in [1.165, 1.54) is 6.42 Å². The molecule has 0 radical (unpaired) electrons. The van der Waals surface area contributed by atoms with Crippen molar-refractivity contribution in [2.24, 2.45) is 0 Å². The van der Waals surface area contributed by atoms with Gasteiger partial charge in [-0.05, 0) is 32.9 Å². The summed E-state index contributed by atoms with van der Waals surface area (Å²) in [5.41, 5.74) is 0. The SMILES string of the molecule is CCCNCCC=CCOCC. The lowest BCUT2D eigenvalue weighted by Gasteiger charge is -1.98. The van der Waals surface area contributed by atoms with E-state index >= 15 is 0 Å². The minimum absolute atomic E-state index is 0.754. The second-order valence-corrected chi connectivity index (χ2v) is 2.67. The zero-order valence-electron chi connectivity index (χ0n) is 8.31. The van der Waals surface area contributed by atoms with Crippen LogP contribution in [0.15, 0.2) is 12.2 Å². The van der Waals surface area contributed by atoms with Gasteiger partial charge in [-0.25, -0.2) is 0 Å². The van der Waals surface area contributed by atoms with Crippen LogP contribution in [0.1, 0.15) is 26.7 Å². The molecule has 1 N–H and O–H groups in total. The van der Waals surface area contributed by atoms with Crippen LogP contribution in [-0.4, -0.2) is 26.3 Å². The van der Waals surface area contributed by atoms with E-state index in [4.69, 9.17) is 4.74 Å². The highest BCUT2D eigenvalue weighted by atomic mass is 16.5. The highest BCUT2D eigenvalue weighted by Crippen LogP contribution is 1.82. The van der Waals surface area contributed by atoms with E-state index in [1.54, 1.807) is 0 Å². The van der Waals surface area contributed by atoms with Crippen molar-refractivity contribution in [3.63, 3.8) is 0 Å². The van der Waals surface area contributed by atoms with Crippen LogP contribution < -0.4 is 5.32 Å². The average molecular weight is 171 g/mol. The smallest absolute Gasteiger partial charge is 0.0647 e. The second kappa shape index (κ2) is 10.7. The van der Waals surface area contributed by atoms with Gasteiger partial charge in [-0.15, -0.1) is 0 Å². The predicted molar refractivity (Wildman–Crippen MR) is 53.4 cm³/mol. The lowest BCUT2D eigenvalue weighted by molar-refractivity contribution is 0.177. The minimum atomic E-state index is 0.754. The van der Waals surface area contributed by atoms with Crippen LogP contribution in [0.2, 0.25) is 0 Å². The predicted octanol–water partition coefficient (Wildman–Crippen LogP) is 1.97. The lowest BCUT2D eigenvalue weighted by atomic mass is 10.3. The number of rotatable bonds is 8. The monoisotopic (exact) mass is 171 g/mol. The van der Waals surface area contributed by atoms with Gasteiger partial charge < -0.3 is 10.1 Å². The Morgan fingerprint density at radius 1 is 1.17 bits per heavy atom. The van der Waals surface area contributed by atoms with Gasteiger partial charge in [0.2, 0.25) is 0 Å². The van der Waals surface area contributed by atoms with Crippen molar-refractivity contribution < 1.29 is 4.74 Å². The Morgan fingerprint density at radius 3 is 2.67 bits per heavy atom. The van der Waals surface area contributed by atoms with Gasteiger partial charge >= 0.3 is 0 Å². The molecule has 0 aliphatic carbocycles. The topological polar surface area (TPSA) is 21.3 Å². The van der Waals surface area contributed by atoms with Crippen molar-refractivity contribution in [2.75, 3.05) is 26.3 Å². The van der Waals surface area contributed by atoms with Gasteiger partial charge in [-0.2, -0.15) is 0 Å². The third kappa shape index (κ3) is 9.66. The number of ether oxygens (including phenoxy) is 1. The fourth-order valence-corrected chi connectivity index (χ4v) is 0.859. The molecule has 0 heterocycles. The zero-order valence-corrected chi connectivity index (χ0v) is 8.31. The Kier molecular flexibility index (Phi) is 10.4. The standard InChI is InChI=1S/C10H21NO/c1-3-8-11-9-6-5-7-10-12-4-2/h5,7,11H,3-4,6,8-10H2,1-2H3. The molecule has 0 amide bonds. The van der Waals surface area contributed by atoms with Crippen LogP contribution in [0.25, 0.3) is 0 Å². The number of hydrogen-bond acceptors (Lipinski definition) is 2. The van der Waals surface area contributed by atoms with Crippen molar-refractivity contribution in [3.05, 3.63) is 12.2 Å². The molecule has 0 saturated carbocycles. The summed E-state index contributed by atoms with van der Waals surface area (Å²) in [5, 5.41) is 3.33. The first kappa shape index (κ1) is 11.7. The highest BCUT2D eigenvalue weighted by molar-refractivity contribution is 4.81. The molecule has 0 fully saturated rings. The highest BCUT2D eigenvalue weighted by Gasteiger charge is 1.81. The van der Waals surface area contributed by atoms with E-state index in [1.807, 2.05) is 6.92 Å². The van der Waals surface area contributed by atoms with Gasteiger partial charge in [-0.1, -0.05) is 19.1 Å². The number of nitrogens with one attached hydrogen (secondary N) is 1. The van der Waals surface area contributed by atoms with Crippen molar-refractivity contribution in [1.29, 1.82) is 0 Å². The van der Waals surface area contributed by atoms with E-state index in [2.05, 4.69) is 24.4 Å². The summed E-state index contributed by atoms with van der Waals surface area (Å²) < 4.78 is 5.15. The molecule has 0 aromatic carbocycles. The van der Waals surface area contributed by atoms with E-state index in [-0.39, 0.29) is 0 Å². The molecule has 0 aromatic heterocycles. The Labute approximate surface area is 76.0 Å². The first-order chi connectivity index (χ1) is 5.91.